The van der Waals surface area contributed by atoms with E-state index >= 15 is 0 Å². The predicted octanol–water partition coefficient (Wildman–Crippen LogP) is 1.36. The second kappa shape index (κ2) is 6.24. The quantitative estimate of drug-likeness (QED) is 0.795. The van der Waals surface area contributed by atoms with E-state index in [-0.39, 0.29) is 5.91 Å². The Morgan fingerprint density at radius 1 is 1.16 bits per heavy atom. The van der Waals surface area contributed by atoms with Gasteiger partial charge in [-0.1, -0.05) is 13.8 Å². The number of nitrogens with zero attached hydrogens (tertiary/aromatic N) is 2. The van der Waals surface area contributed by atoms with Crippen molar-refractivity contribution < 1.29 is 4.79 Å². The van der Waals surface area contributed by atoms with Gasteiger partial charge in [0.05, 0.1) is 11.0 Å². The van der Waals surface area contributed by atoms with E-state index in [2.05, 4.69) is 34.4 Å². The molecule has 5 nitrogen and oxygen atoms in total. The molecule has 2 aromatic rings. The van der Waals surface area contributed by atoms with Gasteiger partial charge in [0.15, 0.2) is 0 Å². The third kappa shape index (κ3) is 3.72. The van der Waals surface area contributed by atoms with Gasteiger partial charge in [-0.2, -0.15) is 0 Å². The lowest BCUT2D eigenvalue weighted by Crippen LogP contribution is -2.34. The first-order chi connectivity index (χ1) is 9.16. The molecule has 2 N–H and O–H groups in total. The zero-order valence-electron chi connectivity index (χ0n) is 11.2. The van der Waals surface area contributed by atoms with E-state index in [1.165, 1.54) is 0 Å². The van der Waals surface area contributed by atoms with Crippen LogP contribution in [0, 0.1) is 0 Å². The number of hydrogen-bond donors (Lipinski definition) is 2. The van der Waals surface area contributed by atoms with Crippen molar-refractivity contribution in [1.82, 2.24) is 20.6 Å². The van der Waals surface area contributed by atoms with Crippen LogP contribution in [0.25, 0.3) is 11.0 Å². The van der Waals surface area contributed by atoms with Crippen molar-refractivity contribution in [2.75, 3.05) is 13.1 Å². The summed E-state index contributed by atoms with van der Waals surface area (Å²) < 4.78 is 0. The van der Waals surface area contributed by atoms with E-state index < -0.39 is 0 Å². The lowest BCUT2D eigenvalue weighted by molar-refractivity contribution is 0.0954. The van der Waals surface area contributed by atoms with Crippen LogP contribution < -0.4 is 10.6 Å². The topological polar surface area (TPSA) is 66.9 Å². The number of carbonyl (C=O) groups is 1. The Morgan fingerprint density at radius 2 is 1.89 bits per heavy atom. The van der Waals surface area contributed by atoms with Gasteiger partial charge < -0.3 is 10.6 Å². The largest absolute Gasteiger partial charge is 0.351 e. The molecule has 0 spiro atoms. The van der Waals surface area contributed by atoms with Gasteiger partial charge in [0.2, 0.25) is 0 Å². The van der Waals surface area contributed by atoms with E-state index in [9.17, 15) is 4.79 Å². The van der Waals surface area contributed by atoms with Gasteiger partial charge in [0.1, 0.15) is 0 Å². The highest BCUT2D eigenvalue weighted by Gasteiger charge is 2.06. The summed E-state index contributed by atoms with van der Waals surface area (Å²) in [6.45, 7) is 5.51. The summed E-state index contributed by atoms with van der Waals surface area (Å²) in [4.78, 5) is 20.3. The Kier molecular flexibility index (Phi) is 4.41. The van der Waals surface area contributed by atoms with E-state index in [1.807, 2.05) is 6.07 Å². The molecule has 1 heterocycles. The minimum Gasteiger partial charge on any atom is -0.351 e. The third-order valence-electron chi connectivity index (χ3n) is 2.69. The Balaban J connectivity index is 1.97. The Hall–Kier alpha value is -2.01. The molecule has 0 aliphatic carbocycles. The SMILES string of the molecule is CC(C)NCCNC(=O)c1ccc2nccnc2c1. The molecule has 2 rings (SSSR count). The molecule has 0 aliphatic rings. The molecule has 1 aromatic carbocycles. The fraction of sp³-hybridized carbons (Fsp3) is 0.357. The molecule has 0 aliphatic heterocycles. The van der Waals surface area contributed by atoms with Gasteiger partial charge in [-0.05, 0) is 18.2 Å². The zero-order chi connectivity index (χ0) is 13.7. The zero-order valence-corrected chi connectivity index (χ0v) is 11.2. The van der Waals surface area contributed by atoms with Crippen molar-refractivity contribution in [3.63, 3.8) is 0 Å². The lowest BCUT2D eigenvalue weighted by atomic mass is 10.2. The first-order valence-corrected chi connectivity index (χ1v) is 6.39. The number of aromatic nitrogens is 2. The van der Waals surface area contributed by atoms with Crippen LogP contribution in [-0.2, 0) is 0 Å². The second-order valence-corrected chi connectivity index (χ2v) is 4.62. The maximum Gasteiger partial charge on any atom is 0.251 e. The fourth-order valence-electron chi connectivity index (χ4n) is 1.74. The number of benzene rings is 1. The van der Waals surface area contributed by atoms with Crippen LogP contribution in [0.1, 0.15) is 24.2 Å². The number of amides is 1. The molecule has 100 valence electrons. The van der Waals surface area contributed by atoms with Crippen LogP contribution in [-0.4, -0.2) is 35.0 Å². The lowest BCUT2D eigenvalue weighted by Gasteiger charge is -2.09. The van der Waals surface area contributed by atoms with Crippen molar-refractivity contribution >= 4 is 16.9 Å². The molecule has 0 saturated heterocycles. The minimum atomic E-state index is -0.0851. The first-order valence-electron chi connectivity index (χ1n) is 6.39. The van der Waals surface area contributed by atoms with E-state index in [4.69, 9.17) is 0 Å². The summed E-state index contributed by atoms with van der Waals surface area (Å²) in [5, 5.41) is 6.11. The summed E-state index contributed by atoms with van der Waals surface area (Å²) >= 11 is 0. The van der Waals surface area contributed by atoms with Crippen LogP contribution in [0.5, 0.6) is 0 Å². The molecule has 0 saturated carbocycles. The normalized spacial score (nSPS) is 10.9. The van der Waals surface area contributed by atoms with Crippen molar-refractivity contribution in [2.24, 2.45) is 0 Å². The predicted molar refractivity (Wildman–Crippen MR) is 75.0 cm³/mol. The molecule has 19 heavy (non-hydrogen) atoms. The monoisotopic (exact) mass is 258 g/mol. The van der Waals surface area contributed by atoms with Crippen molar-refractivity contribution in [1.29, 1.82) is 0 Å². The summed E-state index contributed by atoms with van der Waals surface area (Å²) in [5.41, 5.74) is 2.13. The molecule has 1 aromatic heterocycles. The average molecular weight is 258 g/mol. The summed E-state index contributed by atoms with van der Waals surface area (Å²) in [7, 11) is 0. The molecular formula is C14H18N4O. The first kappa shape index (κ1) is 13.4. The number of nitrogens with one attached hydrogen (secondary N) is 2. The van der Waals surface area contributed by atoms with Crippen LogP contribution in [0.2, 0.25) is 0 Å². The molecular weight excluding hydrogens is 240 g/mol. The molecule has 0 fully saturated rings. The van der Waals surface area contributed by atoms with Crippen LogP contribution >= 0.6 is 0 Å². The van der Waals surface area contributed by atoms with Gasteiger partial charge in [0, 0.05) is 37.1 Å². The highest BCUT2D eigenvalue weighted by molar-refractivity contribution is 5.97. The van der Waals surface area contributed by atoms with Gasteiger partial charge >= 0.3 is 0 Å². The Bertz CT molecular complexity index is 568. The Labute approximate surface area is 112 Å². The fourth-order valence-corrected chi connectivity index (χ4v) is 1.74. The molecule has 0 atom stereocenters. The van der Waals surface area contributed by atoms with Gasteiger partial charge in [-0.25, -0.2) is 0 Å². The van der Waals surface area contributed by atoms with E-state index in [0.717, 1.165) is 17.6 Å². The summed E-state index contributed by atoms with van der Waals surface area (Å²) in [6, 6.07) is 5.76. The van der Waals surface area contributed by atoms with Crippen molar-refractivity contribution in [3.05, 3.63) is 36.2 Å². The minimum absolute atomic E-state index is 0.0851. The third-order valence-corrected chi connectivity index (χ3v) is 2.69. The maximum absolute atomic E-state index is 11.9. The number of fused-ring (bicyclic) bond motifs is 1. The van der Waals surface area contributed by atoms with E-state index in [1.54, 1.807) is 24.5 Å². The molecule has 0 bridgehead atoms. The molecule has 1 amide bonds. The maximum atomic E-state index is 11.9. The highest BCUT2D eigenvalue weighted by atomic mass is 16.1. The Morgan fingerprint density at radius 3 is 2.63 bits per heavy atom. The van der Waals surface area contributed by atoms with Gasteiger partial charge in [-0.15, -0.1) is 0 Å². The molecule has 5 heteroatoms. The van der Waals surface area contributed by atoms with Crippen LogP contribution in [0.3, 0.4) is 0 Å². The van der Waals surface area contributed by atoms with Crippen molar-refractivity contribution in [3.8, 4) is 0 Å². The van der Waals surface area contributed by atoms with Crippen LogP contribution in [0.4, 0.5) is 0 Å². The van der Waals surface area contributed by atoms with Gasteiger partial charge in [0.25, 0.3) is 5.91 Å². The standard InChI is InChI=1S/C14H18N4O/c1-10(2)15-5-8-18-14(19)11-3-4-12-13(9-11)17-7-6-16-12/h3-4,6-7,9-10,15H,5,8H2,1-2H3,(H,18,19). The number of rotatable bonds is 5. The molecule has 0 radical (unpaired) electrons. The van der Waals surface area contributed by atoms with Gasteiger partial charge in [-0.3, -0.25) is 14.8 Å². The van der Waals surface area contributed by atoms with Crippen molar-refractivity contribution in [2.45, 2.75) is 19.9 Å². The smallest absolute Gasteiger partial charge is 0.251 e. The summed E-state index contributed by atoms with van der Waals surface area (Å²) in [6.07, 6.45) is 3.26. The average Bonchev–Trinajstić information content (AvgIpc) is 2.42. The number of hydrogen-bond acceptors (Lipinski definition) is 4. The summed E-state index contributed by atoms with van der Waals surface area (Å²) in [5.74, 6) is -0.0851. The second-order valence-electron chi connectivity index (χ2n) is 4.62. The number of carbonyl (C=O) groups excluding carboxylic acids is 1. The van der Waals surface area contributed by atoms with E-state index in [0.29, 0.717) is 18.2 Å². The van der Waals surface area contributed by atoms with Crippen LogP contribution in [0.15, 0.2) is 30.6 Å². The molecule has 0 unspecified atom stereocenters. The highest BCUT2D eigenvalue weighted by Crippen LogP contribution is 2.10.